The van der Waals surface area contributed by atoms with Crippen molar-refractivity contribution >= 4 is 28.0 Å². The van der Waals surface area contributed by atoms with Gasteiger partial charge in [-0.3, -0.25) is 0 Å². The normalized spacial score (nSPS) is 20.9. The van der Waals surface area contributed by atoms with E-state index < -0.39 is 0 Å². The van der Waals surface area contributed by atoms with Crippen molar-refractivity contribution in [2.75, 3.05) is 18.0 Å². The summed E-state index contributed by atoms with van der Waals surface area (Å²) in [5.74, 6) is 1.11. The minimum Gasteiger partial charge on any atom is -0.355 e. The van der Waals surface area contributed by atoms with E-state index in [0.717, 1.165) is 48.1 Å². The first-order chi connectivity index (χ1) is 7.70. The molecule has 1 aromatic heterocycles. The Morgan fingerprint density at radius 3 is 3.12 bits per heavy atom. The molecule has 2 rings (SSSR count). The molecule has 3 nitrogen and oxygen atoms in total. The number of aryl methyl sites for hydroxylation is 1. The van der Waals surface area contributed by atoms with Gasteiger partial charge in [0, 0.05) is 25.2 Å². The van der Waals surface area contributed by atoms with E-state index in [4.69, 9.17) is 0 Å². The summed E-state index contributed by atoms with van der Waals surface area (Å²) in [6, 6.07) is 2.06. The molecule has 1 unspecified atom stereocenters. The standard InChI is InChI=1S/C12H15BrN2O/c1-9-5-11(13)12(14-6-9)15-4-2-3-10(7-15)8-16/h5-6,8,10H,2-4,7H2,1H3. The highest BCUT2D eigenvalue weighted by Crippen LogP contribution is 2.28. The molecular formula is C12H15BrN2O. The fourth-order valence-electron chi connectivity index (χ4n) is 2.07. The molecule has 0 spiro atoms. The molecule has 1 aromatic rings. The molecule has 2 heterocycles. The van der Waals surface area contributed by atoms with Crippen LogP contribution in [-0.4, -0.2) is 24.4 Å². The number of hydrogen-bond acceptors (Lipinski definition) is 3. The summed E-state index contributed by atoms with van der Waals surface area (Å²) >= 11 is 3.53. The first-order valence-electron chi connectivity index (χ1n) is 5.53. The first-order valence-corrected chi connectivity index (χ1v) is 6.32. The molecular weight excluding hydrogens is 268 g/mol. The van der Waals surface area contributed by atoms with Crippen molar-refractivity contribution in [2.24, 2.45) is 5.92 Å². The van der Waals surface area contributed by atoms with Crippen LogP contribution in [0.25, 0.3) is 0 Å². The van der Waals surface area contributed by atoms with Crippen molar-refractivity contribution < 1.29 is 4.79 Å². The van der Waals surface area contributed by atoms with Gasteiger partial charge in [0.25, 0.3) is 0 Å². The summed E-state index contributed by atoms with van der Waals surface area (Å²) in [6.07, 6.45) is 4.99. The van der Waals surface area contributed by atoms with Gasteiger partial charge in [0.15, 0.2) is 0 Å². The maximum atomic E-state index is 10.8. The molecule has 0 amide bonds. The van der Waals surface area contributed by atoms with E-state index in [2.05, 4.69) is 31.9 Å². The minimum atomic E-state index is 0.156. The number of nitrogens with zero attached hydrogens (tertiary/aromatic N) is 2. The van der Waals surface area contributed by atoms with Crippen LogP contribution in [0.4, 0.5) is 5.82 Å². The zero-order valence-corrected chi connectivity index (χ0v) is 10.9. The second kappa shape index (κ2) is 4.95. The van der Waals surface area contributed by atoms with E-state index in [-0.39, 0.29) is 5.92 Å². The van der Waals surface area contributed by atoms with Crippen LogP contribution in [0.5, 0.6) is 0 Å². The Morgan fingerprint density at radius 2 is 2.44 bits per heavy atom. The molecule has 0 aliphatic carbocycles. The lowest BCUT2D eigenvalue weighted by atomic mass is 10.00. The molecule has 4 heteroatoms. The van der Waals surface area contributed by atoms with Crippen molar-refractivity contribution in [3.8, 4) is 0 Å². The highest BCUT2D eigenvalue weighted by atomic mass is 79.9. The van der Waals surface area contributed by atoms with Crippen LogP contribution in [-0.2, 0) is 4.79 Å². The maximum absolute atomic E-state index is 10.8. The van der Waals surface area contributed by atoms with Gasteiger partial charge < -0.3 is 9.69 Å². The van der Waals surface area contributed by atoms with Gasteiger partial charge in [-0.25, -0.2) is 4.98 Å². The number of aromatic nitrogens is 1. The summed E-state index contributed by atoms with van der Waals surface area (Å²) in [6.45, 7) is 3.79. The molecule has 0 radical (unpaired) electrons. The highest BCUT2D eigenvalue weighted by Gasteiger charge is 2.21. The van der Waals surface area contributed by atoms with Crippen molar-refractivity contribution in [1.82, 2.24) is 4.98 Å². The Hall–Kier alpha value is -0.900. The Bertz CT molecular complexity index is 395. The van der Waals surface area contributed by atoms with Gasteiger partial charge >= 0.3 is 0 Å². The van der Waals surface area contributed by atoms with Crippen LogP contribution in [0, 0.1) is 12.8 Å². The topological polar surface area (TPSA) is 33.2 Å². The lowest BCUT2D eigenvalue weighted by Gasteiger charge is -2.31. The minimum absolute atomic E-state index is 0.156. The predicted molar refractivity (Wildman–Crippen MR) is 67.7 cm³/mol. The Labute approximate surface area is 104 Å². The number of hydrogen-bond donors (Lipinski definition) is 0. The van der Waals surface area contributed by atoms with E-state index in [9.17, 15) is 4.79 Å². The third-order valence-electron chi connectivity index (χ3n) is 2.91. The van der Waals surface area contributed by atoms with E-state index in [0.29, 0.717) is 0 Å². The SMILES string of the molecule is Cc1cnc(N2CCCC(C=O)C2)c(Br)c1. The highest BCUT2D eigenvalue weighted by molar-refractivity contribution is 9.10. The van der Waals surface area contributed by atoms with Gasteiger partial charge in [0.05, 0.1) is 4.47 Å². The van der Waals surface area contributed by atoms with Crippen molar-refractivity contribution in [3.63, 3.8) is 0 Å². The molecule has 1 atom stereocenters. The van der Waals surface area contributed by atoms with Crippen molar-refractivity contribution in [2.45, 2.75) is 19.8 Å². The van der Waals surface area contributed by atoms with Crippen LogP contribution >= 0.6 is 15.9 Å². The number of halogens is 1. The molecule has 1 aliphatic rings. The van der Waals surface area contributed by atoms with Crippen LogP contribution in [0.3, 0.4) is 0 Å². The largest absolute Gasteiger partial charge is 0.355 e. The second-order valence-electron chi connectivity index (χ2n) is 4.30. The third-order valence-corrected chi connectivity index (χ3v) is 3.49. The molecule has 86 valence electrons. The molecule has 16 heavy (non-hydrogen) atoms. The van der Waals surface area contributed by atoms with Gasteiger partial charge in [0.2, 0.25) is 0 Å². The zero-order valence-electron chi connectivity index (χ0n) is 9.32. The van der Waals surface area contributed by atoms with Crippen LogP contribution in [0.15, 0.2) is 16.7 Å². The monoisotopic (exact) mass is 282 g/mol. The molecule has 0 bridgehead atoms. The third kappa shape index (κ3) is 2.43. The van der Waals surface area contributed by atoms with E-state index in [1.165, 1.54) is 0 Å². The van der Waals surface area contributed by atoms with Crippen LogP contribution in [0.2, 0.25) is 0 Å². The number of aldehydes is 1. The summed E-state index contributed by atoms with van der Waals surface area (Å²) in [5, 5.41) is 0. The lowest BCUT2D eigenvalue weighted by molar-refractivity contribution is -0.111. The van der Waals surface area contributed by atoms with Gasteiger partial charge in [-0.1, -0.05) is 0 Å². The first kappa shape index (κ1) is 11.6. The maximum Gasteiger partial charge on any atom is 0.142 e. The number of piperidine rings is 1. The van der Waals surface area contributed by atoms with E-state index in [1.54, 1.807) is 0 Å². The molecule has 0 aromatic carbocycles. The summed E-state index contributed by atoms with van der Waals surface area (Å²) in [4.78, 5) is 17.4. The number of pyridine rings is 1. The van der Waals surface area contributed by atoms with Gasteiger partial charge in [-0.15, -0.1) is 0 Å². The number of rotatable bonds is 2. The summed E-state index contributed by atoms with van der Waals surface area (Å²) in [7, 11) is 0. The summed E-state index contributed by atoms with van der Waals surface area (Å²) < 4.78 is 1.01. The average Bonchev–Trinajstić information content (AvgIpc) is 2.29. The lowest BCUT2D eigenvalue weighted by Crippen LogP contribution is -2.36. The Balaban J connectivity index is 2.19. The predicted octanol–water partition coefficient (Wildman–Crippen LogP) is 2.57. The molecule has 0 N–H and O–H groups in total. The van der Waals surface area contributed by atoms with Gasteiger partial charge in [-0.2, -0.15) is 0 Å². The second-order valence-corrected chi connectivity index (χ2v) is 5.16. The van der Waals surface area contributed by atoms with Gasteiger partial charge in [0.1, 0.15) is 12.1 Å². The average molecular weight is 283 g/mol. The molecule has 0 saturated carbocycles. The Kier molecular flexibility index (Phi) is 3.59. The number of carbonyl (C=O) groups excluding carboxylic acids is 1. The Morgan fingerprint density at radius 1 is 1.62 bits per heavy atom. The fourth-order valence-corrected chi connectivity index (χ4v) is 2.79. The summed E-state index contributed by atoms with van der Waals surface area (Å²) in [5.41, 5.74) is 1.14. The number of anilines is 1. The van der Waals surface area contributed by atoms with Crippen molar-refractivity contribution in [1.29, 1.82) is 0 Å². The van der Waals surface area contributed by atoms with Crippen LogP contribution in [0.1, 0.15) is 18.4 Å². The fraction of sp³-hybridized carbons (Fsp3) is 0.500. The molecule has 1 fully saturated rings. The molecule has 1 aliphatic heterocycles. The van der Waals surface area contributed by atoms with E-state index >= 15 is 0 Å². The van der Waals surface area contributed by atoms with Crippen molar-refractivity contribution in [3.05, 3.63) is 22.3 Å². The number of carbonyl (C=O) groups is 1. The van der Waals surface area contributed by atoms with E-state index in [1.807, 2.05) is 13.1 Å². The van der Waals surface area contributed by atoms with Crippen LogP contribution < -0.4 is 4.90 Å². The molecule has 1 saturated heterocycles. The zero-order chi connectivity index (χ0) is 11.5. The van der Waals surface area contributed by atoms with Gasteiger partial charge in [-0.05, 0) is 47.3 Å². The quantitative estimate of drug-likeness (QED) is 0.782. The smallest absolute Gasteiger partial charge is 0.142 e.